The largest absolute Gasteiger partial charge is 0.458 e. The standard InChI is InChI=1S/C20H35NO7/c1-18(2,3)27-16(23)13-9-12(10-22)15(14-11-25-20(7,8)26-14)21(13)17(24)28-19(4,5)6/h12-15,22H,9-11H2,1-8H3/t12-,13+,14?,15+/m0/s1. The maximum atomic E-state index is 13.0. The van der Waals surface area contributed by atoms with E-state index in [1.807, 2.05) is 0 Å². The number of nitrogens with zero attached hydrogens (tertiary/aromatic N) is 1. The first-order valence-electron chi connectivity index (χ1n) is 9.80. The summed E-state index contributed by atoms with van der Waals surface area (Å²) >= 11 is 0. The third-order valence-corrected chi connectivity index (χ3v) is 4.59. The van der Waals surface area contributed by atoms with Gasteiger partial charge in [0.15, 0.2) is 5.79 Å². The third-order valence-electron chi connectivity index (χ3n) is 4.59. The summed E-state index contributed by atoms with van der Waals surface area (Å²) in [5.41, 5.74) is -1.43. The Labute approximate surface area is 167 Å². The lowest BCUT2D eigenvalue weighted by molar-refractivity contribution is -0.162. The molecule has 1 N–H and O–H groups in total. The molecular formula is C20H35NO7. The summed E-state index contributed by atoms with van der Waals surface area (Å²) in [5, 5.41) is 9.96. The molecule has 8 nitrogen and oxygen atoms in total. The normalized spacial score (nSPS) is 30.4. The van der Waals surface area contributed by atoms with Crippen molar-refractivity contribution in [2.24, 2.45) is 5.92 Å². The molecule has 162 valence electrons. The molecule has 0 aromatic carbocycles. The van der Waals surface area contributed by atoms with Crippen molar-refractivity contribution in [1.29, 1.82) is 0 Å². The van der Waals surface area contributed by atoms with Gasteiger partial charge in [0.2, 0.25) is 0 Å². The van der Waals surface area contributed by atoms with Crippen LogP contribution in [-0.4, -0.2) is 70.5 Å². The van der Waals surface area contributed by atoms with Crippen LogP contribution in [0.4, 0.5) is 4.79 Å². The summed E-state index contributed by atoms with van der Waals surface area (Å²) < 4.78 is 22.7. The Morgan fingerprint density at radius 3 is 2.11 bits per heavy atom. The Kier molecular flexibility index (Phi) is 6.38. The van der Waals surface area contributed by atoms with E-state index in [4.69, 9.17) is 18.9 Å². The number of aliphatic hydroxyl groups is 1. The first kappa shape index (κ1) is 22.9. The number of likely N-dealkylation sites (tertiary alicyclic amines) is 1. The van der Waals surface area contributed by atoms with Crippen LogP contribution in [0.25, 0.3) is 0 Å². The summed E-state index contributed by atoms with van der Waals surface area (Å²) in [6.07, 6.45) is -0.833. The smallest absolute Gasteiger partial charge is 0.411 e. The summed E-state index contributed by atoms with van der Waals surface area (Å²) in [5.74, 6) is -1.67. The molecule has 1 unspecified atom stereocenters. The molecule has 4 atom stereocenters. The van der Waals surface area contributed by atoms with E-state index in [0.717, 1.165) is 0 Å². The number of amides is 1. The van der Waals surface area contributed by atoms with Gasteiger partial charge in [-0.2, -0.15) is 0 Å². The minimum atomic E-state index is -0.858. The Hall–Kier alpha value is -1.38. The molecule has 0 saturated carbocycles. The molecule has 2 aliphatic heterocycles. The summed E-state index contributed by atoms with van der Waals surface area (Å²) in [6.45, 7) is 14.3. The van der Waals surface area contributed by atoms with E-state index in [9.17, 15) is 14.7 Å². The summed E-state index contributed by atoms with van der Waals surface area (Å²) in [6, 6.07) is -1.41. The van der Waals surface area contributed by atoms with Gasteiger partial charge in [0.05, 0.1) is 12.6 Å². The predicted octanol–water partition coefficient (Wildman–Crippen LogP) is 2.47. The Bertz CT molecular complexity index is 590. The molecule has 0 aromatic rings. The van der Waals surface area contributed by atoms with Crippen molar-refractivity contribution in [2.45, 2.75) is 97.0 Å². The minimum absolute atomic E-state index is 0.191. The van der Waals surface area contributed by atoms with Gasteiger partial charge in [-0.25, -0.2) is 9.59 Å². The quantitative estimate of drug-likeness (QED) is 0.726. The first-order chi connectivity index (χ1) is 12.6. The molecule has 2 fully saturated rings. The predicted molar refractivity (Wildman–Crippen MR) is 102 cm³/mol. The molecule has 0 radical (unpaired) electrons. The molecule has 0 bridgehead atoms. The van der Waals surface area contributed by atoms with Crippen LogP contribution in [0.5, 0.6) is 0 Å². The average Bonchev–Trinajstić information content (AvgIpc) is 3.03. The summed E-state index contributed by atoms with van der Waals surface area (Å²) in [4.78, 5) is 27.3. The SMILES string of the molecule is CC(C)(C)OC(=O)[C@H]1C[C@@H](CO)[C@H](C2COC(C)(C)O2)N1C(=O)OC(C)(C)C. The number of hydrogen-bond acceptors (Lipinski definition) is 7. The van der Waals surface area contributed by atoms with Crippen LogP contribution >= 0.6 is 0 Å². The van der Waals surface area contributed by atoms with Crippen LogP contribution < -0.4 is 0 Å². The van der Waals surface area contributed by atoms with E-state index in [0.29, 0.717) is 0 Å². The Balaban J connectivity index is 2.36. The van der Waals surface area contributed by atoms with Crippen molar-refractivity contribution in [3.63, 3.8) is 0 Å². The molecule has 2 heterocycles. The van der Waals surface area contributed by atoms with Gasteiger partial charge in [-0.15, -0.1) is 0 Å². The van der Waals surface area contributed by atoms with Crippen molar-refractivity contribution in [1.82, 2.24) is 4.90 Å². The topological polar surface area (TPSA) is 94.5 Å². The van der Waals surface area contributed by atoms with Crippen LogP contribution in [0.2, 0.25) is 0 Å². The van der Waals surface area contributed by atoms with Crippen molar-refractivity contribution in [2.75, 3.05) is 13.2 Å². The highest BCUT2D eigenvalue weighted by atomic mass is 16.7. The van der Waals surface area contributed by atoms with Gasteiger partial charge in [-0.3, -0.25) is 4.90 Å². The maximum absolute atomic E-state index is 13.0. The lowest BCUT2D eigenvalue weighted by atomic mass is 9.96. The molecule has 0 aliphatic carbocycles. The van der Waals surface area contributed by atoms with Gasteiger partial charge in [0, 0.05) is 12.5 Å². The maximum Gasteiger partial charge on any atom is 0.411 e. The Morgan fingerprint density at radius 2 is 1.68 bits per heavy atom. The zero-order valence-electron chi connectivity index (χ0n) is 18.3. The highest BCUT2D eigenvalue weighted by molar-refractivity contribution is 5.83. The first-order valence-corrected chi connectivity index (χ1v) is 9.80. The fourth-order valence-corrected chi connectivity index (χ4v) is 3.67. The minimum Gasteiger partial charge on any atom is -0.458 e. The lowest BCUT2D eigenvalue weighted by Crippen LogP contribution is -2.53. The number of aliphatic hydroxyl groups excluding tert-OH is 1. The molecule has 2 rings (SSSR count). The number of ether oxygens (including phenoxy) is 4. The van der Waals surface area contributed by atoms with E-state index in [2.05, 4.69) is 0 Å². The van der Waals surface area contributed by atoms with Gasteiger partial charge in [-0.1, -0.05) is 0 Å². The number of carbonyl (C=O) groups excluding carboxylic acids is 2. The van der Waals surface area contributed by atoms with Crippen LogP contribution in [-0.2, 0) is 23.7 Å². The second kappa shape index (κ2) is 7.80. The fourth-order valence-electron chi connectivity index (χ4n) is 3.67. The molecule has 1 amide bonds. The number of esters is 1. The molecule has 2 aliphatic rings. The number of carbonyl (C=O) groups is 2. The molecular weight excluding hydrogens is 366 g/mol. The van der Waals surface area contributed by atoms with Gasteiger partial charge < -0.3 is 24.1 Å². The van der Waals surface area contributed by atoms with E-state index in [1.54, 1.807) is 55.4 Å². The van der Waals surface area contributed by atoms with Gasteiger partial charge in [0.25, 0.3) is 0 Å². The molecule has 0 aromatic heterocycles. The van der Waals surface area contributed by atoms with Crippen molar-refractivity contribution >= 4 is 12.1 Å². The molecule has 0 spiro atoms. The van der Waals surface area contributed by atoms with E-state index >= 15 is 0 Å². The average molecular weight is 402 g/mol. The summed E-state index contributed by atoms with van der Waals surface area (Å²) in [7, 11) is 0. The second-order valence-electron chi connectivity index (χ2n) is 9.97. The van der Waals surface area contributed by atoms with Crippen molar-refractivity contribution in [3.05, 3.63) is 0 Å². The lowest BCUT2D eigenvalue weighted by Gasteiger charge is -2.35. The molecule has 2 saturated heterocycles. The van der Waals surface area contributed by atoms with Crippen molar-refractivity contribution in [3.8, 4) is 0 Å². The van der Waals surface area contributed by atoms with Crippen LogP contribution in [0.15, 0.2) is 0 Å². The fraction of sp³-hybridized carbons (Fsp3) is 0.900. The van der Waals surface area contributed by atoms with Crippen LogP contribution in [0, 0.1) is 5.92 Å². The van der Waals surface area contributed by atoms with Gasteiger partial charge >= 0.3 is 12.1 Å². The zero-order valence-corrected chi connectivity index (χ0v) is 18.3. The second-order valence-corrected chi connectivity index (χ2v) is 9.97. The third kappa shape index (κ3) is 5.58. The van der Waals surface area contributed by atoms with Gasteiger partial charge in [-0.05, 0) is 61.8 Å². The Morgan fingerprint density at radius 1 is 1.11 bits per heavy atom. The molecule has 8 heteroatoms. The van der Waals surface area contributed by atoms with Crippen LogP contribution in [0.1, 0.15) is 61.8 Å². The number of rotatable bonds is 3. The highest BCUT2D eigenvalue weighted by Gasteiger charge is 2.54. The molecule has 28 heavy (non-hydrogen) atoms. The van der Waals surface area contributed by atoms with Crippen molar-refractivity contribution < 1.29 is 33.6 Å². The van der Waals surface area contributed by atoms with Crippen LogP contribution in [0.3, 0.4) is 0 Å². The van der Waals surface area contributed by atoms with E-state index in [1.165, 1.54) is 4.90 Å². The monoisotopic (exact) mass is 401 g/mol. The van der Waals surface area contributed by atoms with E-state index < -0.39 is 47.2 Å². The number of hydrogen-bond donors (Lipinski definition) is 1. The highest BCUT2D eigenvalue weighted by Crippen LogP contribution is 2.39. The zero-order chi connectivity index (χ0) is 21.5. The van der Waals surface area contributed by atoms with Gasteiger partial charge in [0.1, 0.15) is 23.3 Å². The van der Waals surface area contributed by atoms with E-state index in [-0.39, 0.29) is 25.6 Å².